The van der Waals surface area contributed by atoms with Crippen LogP contribution < -0.4 is 0 Å². The van der Waals surface area contributed by atoms with Crippen LogP contribution in [-0.2, 0) is 9.53 Å². The maximum Gasteiger partial charge on any atom is 0.310 e. The van der Waals surface area contributed by atoms with Crippen molar-refractivity contribution in [1.29, 1.82) is 0 Å². The summed E-state index contributed by atoms with van der Waals surface area (Å²) in [4.78, 5) is 13.8. The molecular formula is C13H23NO3. The number of carboxylic acids is 1. The Kier molecular flexibility index (Phi) is 3.73. The van der Waals surface area contributed by atoms with Gasteiger partial charge in [-0.05, 0) is 26.7 Å². The molecule has 1 aliphatic carbocycles. The molecule has 1 saturated carbocycles. The minimum absolute atomic E-state index is 0.214. The number of carbonyl (C=O) groups is 1. The van der Waals surface area contributed by atoms with Gasteiger partial charge in [-0.25, -0.2) is 0 Å². The van der Waals surface area contributed by atoms with E-state index in [0.717, 1.165) is 38.8 Å². The lowest BCUT2D eigenvalue weighted by atomic mass is 9.85. The van der Waals surface area contributed by atoms with Gasteiger partial charge in [0, 0.05) is 19.6 Å². The van der Waals surface area contributed by atoms with Crippen molar-refractivity contribution in [3.63, 3.8) is 0 Å². The molecule has 0 aromatic heterocycles. The molecule has 0 amide bonds. The van der Waals surface area contributed by atoms with Gasteiger partial charge in [-0.3, -0.25) is 9.69 Å². The molecule has 2 atom stereocenters. The van der Waals surface area contributed by atoms with Crippen LogP contribution in [-0.4, -0.2) is 47.8 Å². The van der Waals surface area contributed by atoms with Crippen molar-refractivity contribution in [2.45, 2.75) is 51.7 Å². The lowest BCUT2D eigenvalue weighted by molar-refractivity contribution is -0.152. The van der Waals surface area contributed by atoms with E-state index in [0.29, 0.717) is 6.54 Å². The number of ether oxygens (including phenoxy) is 1. The van der Waals surface area contributed by atoms with E-state index in [1.165, 1.54) is 0 Å². The Hall–Kier alpha value is -0.610. The minimum atomic E-state index is -0.609. The van der Waals surface area contributed by atoms with Gasteiger partial charge in [-0.1, -0.05) is 12.8 Å². The number of hydrogen-bond acceptors (Lipinski definition) is 3. The normalized spacial score (nSPS) is 33.8. The summed E-state index contributed by atoms with van der Waals surface area (Å²) in [5.41, 5.74) is -0.489. The fourth-order valence-electron chi connectivity index (χ4n) is 3.33. The number of nitrogens with zero attached hydrogens (tertiary/aromatic N) is 1. The molecule has 1 heterocycles. The maximum atomic E-state index is 11.5. The highest BCUT2D eigenvalue weighted by atomic mass is 16.5. The van der Waals surface area contributed by atoms with Gasteiger partial charge in [0.05, 0.1) is 17.6 Å². The highest BCUT2D eigenvalue weighted by Gasteiger charge is 2.43. The SMILES string of the molecule is CC1CN(CC2(C(=O)O)CCCC2)CC(C)O1. The lowest BCUT2D eigenvalue weighted by Gasteiger charge is -2.39. The summed E-state index contributed by atoms with van der Waals surface area (Å²) in [6.45, 7) is 6.54. The van der Waals surface area contributed by atoms with E-state index in [9.17, 15) is 9.90 Å². The lowest BCUT2D eigenvalue weighted by Crippen LogP contribution is -2.50. The van der Waals surface area contributed by atoms with Gasteiger partial charge in [0.2, 0.25) is 0 Å². The van der Waals surface area contributed by atoms with Crippen LogP contribution in [0.25, 0.3) is 0 Å². The van der Waals surface area contributed by atoms with E-state index < -0.39 is 11.4 Å². The third kappa shape index (κ3) is 2.80. The van der Waals surface area contributed by atoms with Crippen LogP contribution in [0, 0.1) is 5.41 Å². The molecule has 2 rings (SSSR count). The van der Waals surface area contributed by atoms with Crippen molar-refractivity contribution in [2.75, 3.05) is 19.6 Å². The molecule has 4 heteroatoms. The Balaban J connectivity index is 2.00. The van der Waals surface area contributed by atoms with E-state index >= 15 is 0 Å². The van der Waals surface area contributed by atoms with E-state index in [1.807, 2.05) is 0 Å². The van der Waals surface area contributed by atoms with Gasteiger partial charge in [-0.2, -0.15) is 0 Å². The highest BCUT2D eigenvalue weighted by molar-refractivity contribution is 5.75. The minimum Gasteiger partial charge on any atom is -0.481 e. The van der Waals surface area contributed by atoms with Crippen molar-refractivity contribution < 1.29 is 14.6 Å². The maximum absolute atomic E-state index is 11.5. The molecule has 1 N–H and O–H groups in total. The smallest absolute Gasteiger partial charge is 0.310 e. The zero-order valence-electron chi connectivity index (χ0n) is 10.8. The number of hydrogen-bond donors (Lipinski definition) is 1. The van der Waals surface area contributed by atoms with Crippen LogP contribution in [0.4, 0.5) is 0 Å². The van der Waals surface area contributed by atoms with Crippen LogP contribution in [0.5, 0.6) is 0 Å². The molecule has 98 valence electrons. The largest absolute Gasteiger partial charge is 0.481 e. The third-order valence-corrected chi connectivity index (χ3v) is 4.04. The summed E-state index contributed by atoms with van der Waals surface area (Å²) in [6, 6.07) is 0. The summed E-state index contributed by atoms with van der Waals surface area (Å²) in [5, 5.41) is 9.47. The Morgan fingerprint density at radius 2 is 1.82 bits per heavy atom. The number of aliphatic carboxylic acids is 1. The molecule has 1 aliphatic heterocycles. The summed E-state index contributed by atoms with van der Waals surface area (Å²) in [6.07, 6.45) is 4.21. The zero-order chi connectivity index (χ0) is 12.5. The first-order valence-electron chi connectivity index (χ1n) is 6.63. The van der Waals surface area contributed by atoms with Gasteiger partial charge in [0.15, 0.2) is 0 Å². The number of morpholine rings is 1. The molecule has 1 saturated heterocycles. The monoisotopic (exact) mass is 241 g/mol. The van der Waals surface area contributed by atoms with Crippen molar-refractivity contribution in [3.8, 4) is 0 Å². The van der Waals surface area contributed by atoms with Crippen LogP contribution >= 0.6 is 0 Å². The summed E-state index contributed by atoms with van der Waals surface area (Å²) >= 11 is 0. The van der Waals surface area contributed by atoms with Gasteiger partial charge < -0.3 is 9.84 Å². The van der Waals surface area contributed by atoms with Crippen molar-refractivity contribution in [2.24, 2.45) is 5.41 Å². The molecular weight excluding hydrogens is 218 g/mol. The summed E-state index contributed by atoms with van der Waals surface area (Å²) in [7, 11) is 0. The van der Waals surface area contributed by atoms with Crippen LogP contribution in [0.15, 0.2) is 0 Å². The molecule has 0 radical (unpaired) electrons. The Morgan fingerprint density at radius 1 is 1.29 bits per heavy atom. The highest BCUT2D eigenvalue weighted by Crippen LogP contribution is 2.39. The molecule has 2 aliphatic rings. The van der Waals surface area contributed by atoms with E-state index in [4.69, 9.17) is 4.74 Å². The average molecular weight is 241 g/mol. The Morgan fingerprint density at radius 3 is 2.29 bits per heavy atom. The molecule has 0 spiro atoms. The zero-order valence-corrected chi connectivity index (χ0v) is 10.8. The second kappa shape index (κ2) is 4.94. The Bertz CT molecular complexity index is 276. The summed E-state index contributed by atoms with van der Waals surface area (Å²) in [5.74, 6) is -0.609. The first-order chi connectivity index (χ1) is 8.02. The van der Waals surface area contributed by atoms with E-state index in [2.05, 4.69) is 18.7 Å². The van der Waals surface area contributed by atoms with Gasteiger partial charge in [0.25, 0.3) is 0 Å². The molecule has 0 aromatic rings. The first kappa shape index (κ1) is 12.8. The molecule has 0 bridgehead atoms. The van der Waals surface area contributed by atoms with Crippen molar-refractivity contribution >= 4 is 5.97 Å². The standard InChI is InChI=1S/C13H23NO3/c1-10-7-14(8-11(2)17-10)9-13(12(15)16)5-3-4-6-13/h10-11H,3-9H2,1-2H3,(H,15,16). The molecule has 2 unspecified atom stereocenters. The van der Waals surface area contributed by atoms with Gasteiger partial charge in [-0.15, -0.1) is 0 Å². The summed E-state index contributed by atoms with van der Waals surface area (Å²) < 4.78 is 5.69. The second-order valence-corrected chi connectivity index (χ2v) is 5.74. The third-order valence-electron chi connectivity index (χ3n) is 4.04. The molecule has 2 fully saturated rings. The molecule has 0 aromatic carbocycles. The Labute approximate surface area is 103 Å². The fourth-order valence-corrected chi connectivity index (χ4v) is 3.33. The quantitative estimate of drug-likeness (QED) is 0.817. The van der Waals surface area contributed by atoms with Crippen LogP contribution in [0.1, 0.15) is 39.5 Å². The van der Waals surface area contributed by atoms with E-state index in [-0.39, 0.29) is 12.2 Å². The van der Waals surface area contributed by atoms with Crippen LogP contribution in [0.3, 0.4) is 0 Å². The topological polar surface area (TPSA) is 49.8 Å². The first-order valence-corrected chi connectivity index (χ1v) is 6.63. The van der Waals surface area contributed by atoms with E-state index in [1.54, 1.807) is 0 Å². The van der Waals surface area contributed by atoms with Gasteiger partial charge >= 0.3 is 5.97 Å². The second-order valence-electron chi connectivity index (χ2n) is 5.74. The average Bonchev–Trinajstić information content (AvgIpc) is 2.65. The number of carboxylic acid groups (broad SMARTS) is 1. The predicted molar refractivity (Wildman–Crippen MR) is 65.0 cm³/mol. The molecule has 4 nitrogen and oxygen atoms in total. The fraction of sp³-hybridized carbons (Fsp3) is 0.923. The number of rotatable bonds is 3. The molecule has 17 heavy (non-hydrogen) atoms. The van der Waals surface area contributed by atoms with Crippen molar-refractivity contribution in [1.82, 2.24) is 4.90 Å². The van der Waals surface area contributed by atoms with Crippen molar-refractivity contribution in [3.05, 3.63) is 0 Å². The predicted octanol–water partition coefficient (Wildman–Crippen LogP) is 1.74. The van der Waals surface area contributed by atoms with Crippen LogP contribution in [0.2, 0.25) is 0 Å². The van der Waals surface area contributed by atoms with Gasteiger partial charge in [0.1, 0.15) is 0 Å².